The molecule has 0 aliphatic heterocycles. The Morgan fingerprint density at radius 3 is 2.62 bits per heavy atom. The van der Waals surface area contributed by atoms with E-state index >= 15 is 0 Å². The van der Waals surface area contributed by atoms with Gasteiger partial charge in [-0.1, -0.05) is 39.0 Å². The van der Waals surface area contributed by atoms with E-state index in [1.165, 1.54) is 44.9 Å². The number of carbonyl (C=O) groups is 1. The highest BCUT2D eigenvalue weighted by Crippen LogP contribution is 2.42. The highest BCUT2D eigenvalue weighted by atomic mass is 16.1. The molecule has 2 aliphatic rings. The van der Waals surface area contributed by atoms with Crippen LogP contribution in [0, 0.1) is 23.7 Å². The van der Waals surface area contributed by atoms with Gasteiger partial charge in [-0.15, -0.1) is 0 Å². The standard InChI is InChI=1S/C18H34N2O/c1-2-5-14(10-11-19)13-20-18(21)17-9-8-15-6-3-4-7-16(15)12-17/h14-17H,2-13,19H2,1H3,(H,20,21). The van der Waals surface area contributed by atoms with Crippen LogP contribution in [0.5, 0.6) is 0 Å². The molecule has 3 nitrogen and oxygen atoms in total. The Morgan fingerprint density at radius 1 is 1.14 bits per heavy atom. The fourth-order valence-electron chi connectivity index (χ4n) is 4.49. The van der Waals surface area contributed by atoms with Crippen LogP contribution in [0.25, 0.3) is 0 Å². The molecule has 3 N–H and O–H groups in total. The molecule has 0 spiro atoms. The summed E-state index contributed by atoms with van der Waals surface area (Å²) >= 11 is 0. The Hall–Kier alpha value is -0.570. The van der Waals surface area contributed by atoms with Crippen molar-refractivity contribution < 1.29 is 4.79 Å². The molecule has 0 saturated heterocycles. The zero-order valence-corrected chi connectivity index (χ0v) is 13.8. The second-order valence-corrected chi connectivity index (χ2v) is 7.29. The van der Waals surface area contributed by atoms with Crippen molar-refractivity contribution in [3.05, 3.63) is 0 Å². The third kappa shape index (κ3) is 4.98. The van der Waals surface area contributed by atoms with Gasteiger partial charge in [0.05, 0.1) is 0 Å². The maximum Gasteiger partial charge on any atom is 0.223 e. The summed E-state index contributed by atoms with van der Waals surface area (Å²) in [5, 5.41) is 3.22. The molecular formula is C18H34N2O. The lowest BCUT2D eigenvalue weighted by atomic mass is 9.67. The van der Waals surface area contributed by atoms with Crippen LogP contribution in [0.2, 0.25) is 0 Å². The van der Waals surface area contributed by atoms with Gasteiger partial charge in [0.1, 0.15) is 0 Å². The molecule has 2 aliphatic carbocycles. The molecule has 2 fully saturated rings. The summed E-state index contributed by atoms with van der Waals surface area (Å²) in [4.78, 5) is 12.4. The second kappa shape index (κ2) is 8.77. The number of nitrogens with two attached hydrogens (primary N) is 1. The summed E-state index contributed by atoms with van der Waals surface area (Å²) < 4.78 is 0. The first-order chi connectivity index (χ1) is 10.2. The quantitative estimate of drug-likeness (QED) is 0.755. The van der Waals surface area contributed by atoms with Crippen molar-refractivity contribution in [3.8, 4) is 0 Å². The molecule has 2 rings (SSSR count). The number of fused-ring (bicyclic) bond motifs is 1. The minimum Gasteiger partial charge on any atom is -0.356 e. The van der Waals surface area contributed by atoms with Gasteiger partial charge in [-0.3, -0.25) is 4.79 Å². The van der Waals surface area contributed by atoms with E-state index in [1.807, 2.05) is 0 Å². The van der Waals surface area contributed by atoms with Crippen molar-refractivity contribution in [2.24, 2.45) is 29.4 Å². The zero-order valence-electron chi connectivity index (χ0n) is 13.8. The monoisotopic (exact) mass is 294 g/mol. The molecule has 21 heavy (non-hydrogen) atoms. The average molecular weight is 294 g/mol. The second-order valence-electron chi connectivity index (χ2n) is 7.29. The molecule has 1 amide bonds. The Labute approximate surface area is 130 Å². The lowest BCUT2D eigenvalue weighted by Crippen LogP contribution is -2.39. The van der Waals surface area contributed by atoms with Crippen LogP contribution < -0.4 is 11.1 Å². The van der Waals surface area contributed by atoms with Gasteiger partial charge in [0, 0.05) is 12.5 Å². The summed E-state index contributed by atoms with van der Waals surface area (Å²) in [5.41, 5.74) is 5.67. The van der Waals surface area contributed by atoms with Crippen LogP contribution in [0.3, 0.4) is 0 Å². The SMILES string of the molecule is CCCC(CCN)CNC(=O)C1CCC2CCCCC2C1. The van der Waals surface area contributed by atoms with Crippen LogP contribution >= 0.6 is 0 Å². The number of hydrogen-bond acceptors (Lipinski definition) is 2. The maximum absolute atomic E-state index is 12.4. The van der Waals surface area contributed by atoms with Crippen molar-refractivity contribution in [2.45, 2.75) is 71.1 Å². The van der Waals surface area contributed by atoms with E-state index in [0.29, 0.717) is 11.8 Å². The topological polar surface area (TPSA) is 55.1 Å². The smallest absolute Gasteiger partial charge is 0.223 e. The van der Waals surface area contributed by atoms with E-state index in [0.717, 1.165) is 44.2 Å². The van der Waals surface area contributed by atoms with Crippen molar-refractivity contribution in [1.82, 2.24) is 5.32 Å². The van der Waals surface area contributed by atoms with Crippen molar-refractivity contribution in [2.75, 3.05) is 13.1 Å². The third-order valence-corrected chi connectivity index (χ3v) is 5.75. The minimum absolute atomic E-state index is 0.282. The Bertz CT molecular complexity index is 312. The molecule has 0 heterocycles. The van der Waals surface area contributed by atoms with Gasteiger partial charge in [-0.05, 0) is 56.4 Å². The van der Waals surface area contributed by atoms with E-state index in [1.54, 1.807) is 0 Å². The third-order valence-electron chi connectivity index (χ3n) is 5.75. The zero-order chi connectivity index (χ0) is 15.1. The van der Waals surface area contributed by atoms with Gasteiger partial charge in [0.15, 0.2) is 0 Å². The normalized spacial score (nSPS) is 30.5. The van der Waals surface area contributed by atoms with Crippen molar-refractivity contribution in [1.29, 1.82) is 0 Å². The molecule has 3 heteroatoms. The van der Waals surface area contributed by atoms with Crippen LogP contribution in [-0.2, 0) is 4.79 Å². The van der Waals surface area contributed by atoms with Gasteiger partial charge < -0.3 is 11.1 Å². The summed E-state index contributed by atoms with van der Waals surface area (Å²) in [6.07, 6.45) is 12.5. The minimum atomic E-state index is 0.282. The van der Waals surface area contributed by atoms with E-state index in [4.69, 9.17) is 5.73 Å². The molecule has 0 bridgehead atoms. The number of amides is 1. The Balaban J connectivity index is 1.75. The molecule has 4 atom stereocenters. The average Bonchev–Trinajstić information content (AvgIpc) is 2.52. The van der Waals surface area contributed by atoms with E-state index in [2.05, 4.69) is 12.2 Å². The first-order valence-electron chi connectivity index (χ1n) is 9.22. The fraction of sp³-hybridized carbons (Fsp3) is 0.944. The summed E-state index contributed by atoms with van der Waals surface area (Å²) in [7, 11) is 0. The molecule has 122 valence electrons. The number of nitrogens with one attached hydrogen (secondary N) is 1. The first-order valence-corrected chi connectivity index (χ1v) is 9.22. The van der Waals surface area contributed by atoms with Gasteiger partial charge in [0.25, 0.3) is 0 Å². The van der Waals surface area contributed by atoms with Crippen LogP contribution in [0.1, 0.15) is 71.1 Å². The number of carbonyl (C=O) groups excluding carboxylic acids is 1. The van der Waals surface area contributed by atoms with Gasteiger partial charge in [0.2, 0.25) is 5.91 Å². The Kier molecular flexibility index (Phi) is 7.01. The van der Waals surface area contributed by atoms with Crippen molar-refractivity contribution >= 4 is 5.91 Å². The van der Waals surface area contributed by atoms with E-state index in [9.17, 15) is 4.79 Å². The van der Waals surface area contributed by atoms with Crippen LogP contribution in [-0.4, -0.2) is 19.0 Å². The molecular weight excluding hydrogens is 260 g/mol. The van der Waals surface area contributed by atoms with Gasteiger partial charge in [-0.25, -0.2) is 0 Å². The predicted octanol–water partition coefficient (Wildman–Crippen LogP) is 3.47. The molecule has 0 aromatic carbocycles. The lowest BCUT2D eigenvalue weighted by Gasteiger charge is -2.38. The molecule has 0 aromatic heterocycles. The molecule has 4 unspecified atom stereocenters. The predicted molar refractivity (Wildman–Crippen MR) is 87.9 cm³/mol. The number of hydrogen-bond donors (Lipinski definition) is 2. The molecule has 0 radical (unpaired) electrons. The summed E-state index contributed by atoms with van der Waals surface area (Å²) in [6, 6.07) is 0. The summed E-state index contributed by atoms with van der Waals surface area (Å²) in [5.74, 6) is 2.92. The summed E-state index contributed by atoms with van der Waals surface area (Å²) in [6.45, 7) is 3.76. The highest BCUT2D eigenvalue weighted by molar-refractivity contribution is 5.78. The van der Waals surface area contributed by atoms with Crippen molar-refractivity contribution in [3.63, 3.8) is 0 Å². The maximum atomic E-state index is 12.4. The fourth-order valence-corrected chi connectivity index (χ4v) is 4.49. The van der Waals surface area contributed by atoms with E-state index in [-0.39, 0.29) is 5.92 Å². The first kappa shape index (κ1) is 16.8. The largest absolute Gasteiger partial charge is 0.356 e. The van der Waals surface area contributed by atoms with Gasteiger partial charge >= 0.3 is 0 Å². The Morgan fingerprint density at radius 2 is 1.90 bits per heavy atom. The lowest BCUT2D eigenvalue weighted by molar-refractivity contribution is -0.127. The molecule has 2 saturated carbocycles. The van der Waals surface area contributed by atoms with Gasteiger partial charge in [-0.2, -0.15) is 0 Å². The van der Waals surface area contributed by atoms with E-state index < -0.39 is 0 Å². The van der Waals surface area contributed by atoms with Crippen LogP contribution in [0.4, 0.5) is 0 Å². The van der Waals surface area contributed by atoms with Crippen LogP contribution in [0.15, 0.2) is 0 Å². The molecule has 0 aromatic rings. The number of rotatable bonds is 7. The highest BCUT2D eigenvalue weighted by Gasteiger charge is 2.34.